The molecule has 0 unspecified atom stereocenters. The van der Waals surface area contributed by atoms with E-state index in [0.717, 1.165) is 16.6 Å². The van der Waals surface area contributed by atoms with Crippen LogP contribution < -0.4 is 5.32 Å². The smallest absolute Gasteiger partial charge is 0.274 e. The molecule has 1 saturated heterocycles. The molecule has 4 aromatic rings. The largest absolute Gasteiger partial charge is 0.378 e. The minimum atomic E-state index is -0.335. The van der Waals surface area contributed by atoms with E-state index < -0.39 is 0 Å². The Morgan fingerprint density at radius 1 is 1.11 bits per heavy atom. The Labute approximate surface area is 202 Å². The first kappa shape index (κ1) is 22.7. The van der Waals surface area contributed by atoms with Gasteiger partial charge in [-0.05, 0) is 26.0 Å². The maximum atomic E-state index is 13.6. The van der Waals surface area contributed by atoms with Gasteiger partial charge in [-0.3, -0.25) is 19.0 Å². The van der Waals surface area contributed by atoms with Crippen LogP contribution in [0.4, 0.5) is 5.69 Å². The number of carbonyl (C=O) groups excluding carboxylic acids is 2. The number of amides is 2. The van der Waals surface area contributed by atoms with Crippen molar-refractivity contribution in [3.63, 3.8) is 0 Å². The van der Waals surface area contributed by atoms with Crippen molar-refractivity contribution < 1.29 is 14.3 Å². The third kappa shape index (κ3) is 4.17. The van der Waals surface area contributed by atoms with Gasteiger partial charge in [-0.15, -0.1) is 0 Å². The normalized spacial score (nSPS) is 13.9. The van der Waals surface area contributed by atoms with Crippen molar-refractivity contribution in [3.05, 3.63) is 59.7 Å². The van der Waals surface area contributed by atoms with Gasteiger partial charge in [-0.1, -0.05) is 18.2 Å². The van der Waals surface area contributed by atoms with E-state index >= 15 is 0 Å². The summed E-state index contributed by atoms with van der Waals surface area (Å²) < 4.78 is 8.76. The predicted octanol–water partition coefficient (Wildman–Crippen LogP) is 2.88. The summed E-state index contributed by atoms with van der Waals surface area (Å²) >= 11 is 0. The molecule has 3 aromatic heterocycles. The fourth-order valence-corrected chi connectivity index (χ4v) is 4.30. The highest BCUT2D eigenvalue weighted by molar-refractivity contribution is 6.14. The lowest BCUT2D eigenvalue weighted by Crippen LogP contribution is -2.41. The summed E-state index contributed by atoms with van der Waals surface area (Å²) in [7, 11) is 1.87. The van der Waals surface area contributed by atoms with E-state index in [4.69, 9.17) is 9.72 Å². The average Bonchev–Trinajstić information content (AvgIpc) is 3.45. The number of anilines is 1. The summed E-state index contributed by atoms with van der Waals surface area (Å²) in [6.07, 6.45) is 3.28. The van der Waals surface area contributed by atoms with Crippen LogP contribution >= 0.6 is 0 Å². The number of pyridine rings is 1. The molecule has 10 nitrogen and oxygen atoms in total. The Morgan fingerprint density at radius 3 is 2.60 bits per heavy atom. The lowest BCUT2D eigenvalue weighted by Gasteiger charge is -2.27. The van der Waals surface area contributed by atoms with Crippen LogP contribution in [0.5, 0.6) is 0 Å². The summed E-state index contributed by atoms with van der Waals surface area (Å²) in [5, 5.41) is 12.3. The molecule has 35 heavy (non-hydrogen) atoms. The van der Waals surface area contributed by atoms with E-state index in [1.807, 2.05) is 45.2 Å². The zero-order chi connectivity index (χ0) is 24.5. The zero-order valence-corrected chi connectivity index (χ0v) is 20.0. The van der Waals surface area contributed by atoms with Crippen LogP contribution in [0.1, 0.15) is 33.5 Å². The van der Waals surface area contributed by atoms with Gasteiger partial charge < -0.3 is 15.0 Å². The first-order valence-electron chi connectivity index (χ1n) is 11.6. The van der Waals surface area contributed by atoms with Crippen LogP contribution in [-0.4, -0.2) is 67.6 Å². The van der Waals surface area contributed by atoms with Gasteiger partial charge in [-0.2, -0.15) is 10.2 Å². The molecule has 0 bridgehead atoms. The molecule has 4 heterocycles. The Bertz CT molecular complexity index is 1420. The van der Waals surface area contributed by atoms with E-state index in [2.05, 4.69) is 15.5 Å². The Morgan fingerprint density at radius 2 is 1.89 bits per heavy atom. The summed E-state index contributed by atoms with van der Waals surface area (Å²) in [6.45, 7) is 6.37. The van der Waals surface area contributed by atoms with Crippen LogP contribution in [-0.2, 0) is 18.3 Å². The van der Waals surface area contributed by atoms with Gasteiger partial charge in [0.1, 0.15) is 5.69 Å². The number of aryl methyl sites for hydroxylation is 2. The van der Waals surface area contributed by atoms with Crippen molar-refractivity contribution in [2.45, 2.75) is 20.4 Å². The number of fused-ring (bicyclic) bond motifs is 1. The van der Waals surface area contributed by atoms with Crippen LogP contribution in [0.2, 0.25) is 0 Å². The van der Waals surface area contributed by atoms with E-state index in [1.165, 1.54) is 6.20 Å². The molecule has 5 rings (SSSR count). The molecular weight excluding hydrogens is 446 g/mol. The first-order valence-corrected chi connectivity index (χ1v) is 11.6. The molecule has 0 saturated carbocycles. The third-order valence-electron chi connectivity index (χ3n) is 6.36. The first-order chi connectivity index (χ1) is 17.0. The lowest BCUT2D eigenvalue weighted by atomic mass is 10.0. The Balaban J connectivity index is 1.54. The highest BCUT2D eigenvalue weighted by atomic mass is 16.5. The highest BCUT2D eigenvalue weighted by Gasteiger charge is 2.27. The summed E-state index contributed by atoms with van der Waals surface area (Å²) in [6, 6.07) is 9.28. The Kier molecular flexibility index (Phi) is 6.04. The number of nitrogens with zero attached hydrogens (tertiary/aromatic N) is 6. The van der Waals surface area contributed by atoms with Gasteiger partial charge in [0.2, 0.25) is 0 Å². The van der Waals surface area contributed by atoms with Crippen molar-refractivity contribution >= 4 is 28.4 Å². The summed E-state index contributed by atoms with van der Waals surface area (Å²) in [4.78, 5) is 33.4. The lowest BCUT2D eigenvalue weighted by molar-refractivity contribution is 0.0295. The molecule has 1 aliphatic heterocycles. The molecule has 2 amide bonds. The number of benzene rings is 1. The second-order valence-electron chi connectivity index (χ2n) is 8.42. The fourth-order valence-electron chi connectivity index (χ4n) is 4.30. The van der Waals surface area contributed by atoms with Crippen molar-refractivity contribution in [1.82, 2.24) is 29.4 Å². The maximum Gasteiger partial charge on any atom is 0.274 e. The van der Waals surface area contributed by atoms with Crippen molar-refractivity contribution in [1.29, 1.82) is 0 Å². The minimum absolute atomic E-state index is 0.172. The SMILES string of the molecule is CCn1ncc(NC(=O)c2cc(-c3cnn(C)c3C)nc3ccccc23)c1C(=O)N1CCOCC1. The standard InChI is InChI=1S/C25H27N7O3/c1-4-32-23(25(34)31-9-11-35-12-10-31)22(15-27-32)29-24(33)18-13-21(19-14-26-30(3)16(19)2)28-20-8-6-5-7-17(18)20/h5-8,13-15H,4,9-12H2,1-3H3,(H,29,33). The second-order valence-corrected chi connectivity index (χ2v) is 8.42. The fraction of sp³-hybridized carbons (Fsp3) is 0.320. The predicted molar refractivity (Wildman–Crippen MR) is 131 cm³/mol. The second kappa shape index (κ2) is 9.30. The minimum Gasteiger partial charge on any atom is -0.378 e. The van der Waals surface area contributed by atoms with Crippen LogP contribution in [0.25, 0.3) is 22.2 Å². The van der Waals surface area contributed by atoms with Gasteiger partial charge in [0.15, 0.2) is 0 Å². The van der Waals surface area contributed by atoms with Crippen LogP contribution in [0, 0.1) is 6.92 Å². The molecule has 1 aromatic carbocycles. The van der Waals surface area contributed by atoms with Crippen LogP contribution in [0.15, 0.2) is 42.7 Å². The van der Waals surface area contributed by atoms with Crippen molar-refractivity contribution in [3.8, 4) is 11.3 Å². The van der Waals surface area contributed by atoms with Gasteiger partial charge in [0.25, 0.3) is 11.8 Å². The number of carbonyl (C=O) groups is 2. The van der Waals surface area contributed by atoms with E-state index in [1.54, 1.807) is 26.5 Å². The molecule has 0 atom stereocenters. The van der Waals surface area contributed by atoms with Crippen molar-refractivity contribution in [2.75, 3.05) is 31.6 Å². The number of hydrogen-bond acceptors (Lipinski definition) is 6. The van der Waals surface area contributed by atoms with Gasteiger partial charge in [-0.25, -0.2) is 4.98 Å². The van der Waals surface area contributed by atoms with Gasteiger partial charge in [0, 0.05) is 43.3 Å². The number of hydrogen-bond donors (Lipinski definition) is 1. The molecular formula is C25H27N7O3. The molecule has 180 valence electrons. The molecule has 0 spiro atoms. The number of morpholine rings is 1. The zero-order valence-electron chi connectivity index (χ0n) is 20.0. The summed E-state index contributed by atoms with van der Waals surface area (Å²) in [5.41, 5.74) is 4.37. The number of nitrogens with one attached hydrogen (secondary N) is 1. The monoisotopic (exact) mass is 473 g/mol. The third-order valence-corrected chi connectivity index (χ3v) is 6.36. The van der Waals surface area contributed by atoms with Crippen molar-refractivity contribution in [2.24, 2.45) is 7.05 Å². The van der Waals surface area contributed by atoms with E-state index in [9.17, 15) is 9.59 Å². The van der Waals surface area contributed by atoms with Crippen LogP contribution in [0.3, 0.4) is 0 Å². The Hall–Kier alpha value is -4.05. The van der Waals surface area contributed by atoms with Gasteiger partial charge >= 0.3 is 0 Å². The molecule has 1 fully saturated rings. The number of para-hydroxylation sites is 1. The molecule has 10 heteroatoms. The molecule has 1 aliphatic rings. The quantitative estimate of drug-likeness (QED) is 0.478. The molecule has 1 N–H and O–H groups in total. The maximum absolute atomic E-state index is 13.6. The highest BCUT2D eigenvalue weighted by Crippen LogP contribution is 2.28. The number of rotatable bonds is 5. The van der Waals surface area contributed by atoms with E-state index in [-0.39, 0.29) is 11.8 Å². The average molecular weight is 474 g/mol. The summed E-state index contributed by atoms with van der Waals surface area (Å²) in [5.74, 6) is -0.507. The van der Waals surface area contributed by atoms with E-state index in [0.29, 0.717) is 61.0 Å². The molecule has 0 radical (unpaired) electrons. The number of ether oxygens (including phenoxy) is 1. The molecule has 0 aliphatic carbocycles. The number of aromatic nitrogens is 5. The van der Waals surface area contributed by atoms with Gasteiger partial charge in [0.05, 0.1) is 48.1 Å². The topological polar surface area (TPSA) is 107 Å².